The highest BCUT2D eigenvalue weighted by Gasteiger charge is 2.26. The maximum Gasteiger partial charge on any atom is 0.343 e. The molecular weight excluding hydrogens is 445 g/mol. The van der Waals surface area contributed by atoms with Crippen molar-refractivity contribution in [3.05, 3.63) is 83.2 Å². The normalized spacial score (nSPS) is 17.9. The minimum atomic E-state index is -0.916. The minimum Gasteiger partial charge on any atom is -0.494 e. The third-order valence-electron chi connectivity index (χ3n) is 6.42. The highest BCUT2D eigenvalue weighted by atomic mass is 19.2. The fraction of sp³-hybridized carbons (Fsp3) is 0.296. The van der Waals surface area contributed by atoms with E-state index in [0.29, 0.717) is 11.1 Å². The SMILES string of the molecule is COc1ccc(C(=O)Oc2ccc(-c3ccc(C4CCC(CO)CC4)c(F)c3F)cc2)cc1F. The second-order valence-electron chi connectivity index (χ2n) is 8.49. The minimum absolute atomic E-state index is 0.0130. The molecule has 0 aromatic heterocycles. The first-order valence-electron chi connectivity index (χ1n) is 11.2. The van der Waals surface area contributed by atoms with Crippen LogP contribution in [0.4, 0.5) is 13.2 Å². The Hall–Kier alpha value is -3.32. The van der Waals surface area contributed by atoms with Crippen molar-refractivity contribution in [1.29, 1.82) is 0 Å². The van der Waals surface area contributed by atoms with Crippen LogP contribution >= 0.6 is 0 Å². The number of esters is 1. The summed E-state index contributed by atoms with van der Waals surface area (Å²) in [6.07, 6.45) is 3.04. The number of benzene rings is 3. The molecule has 0 heterocycles. The van der Waals surface area contributed by atoms with Crippen LogP contribution in [0.2, 0.25) is 0 Å². The molecule has 34 heavy (non-hydrogen) atoms. The Labute approximate surface area is 196 Å². The molecule has 4 rings (SSSR count). The molecule has 178 valence electrons. The van der Waals surface area contributed by atoms with Gasteiger partial charge in [-0.15, -0.1) is 0 Å². The Kier molecular flexibility index (Phi) is 7.22. The Morgan fingerprint density at radius 2 is 1.65 bits per heavy atom. The highest BCUT2D eigenvalue weighted by molar-refractivity contribution is 5.91. The molecule has 1 N–H and O–H groups in total. The fourth-order valence-corrected chi connectivity index (χ4v) is 4.42. The van der Waals surface area contributed by atoms with Gasteiger partial charge in [-0.25, -0.2) is 18.0 Å². The first-order chi connectivity index (χ1) is 16.4. The summed E-state index contributed by atoms with van der Waals surface area (Å²) in [5.41, 5.74) is 0.927. The van der Waals surface area contributed by atoms with E-state index in [1.807, 2.05) is 0 Å². The number of ether oxygens (including phenoxy) is 2. The highest BCUT2D eigenvalue weighted by Crippen LogP contribution is 2.39. The van der Waals surface area contributed by atoms with Gasteiger partial charge in [-0.2, -0.15) is 0 Å². The molecule has 4 nitrogen and oxygen atoms in total. The fourth-order valence-electron chi connectivity index (χ4n) is 4.42. The predicted molar refractivity (Wildman–Crippen MR) is 121 cm³/mol. The van der Waals surface area contributed by atoms with Crippen LogP contribution in [0.15, 0.2) is 54.6 Å². The van der Waals surface area contributed by atoms with E-state index in [2.05, 4.69) is 0 Å². The topological polar surface area (TPSA) is 55.8 Å². The summed E-state index contributed by atoms with van der Waals surface area (Å²) in [5, 5.41) is 9.28. The van der Waals surface area contributed by atoms with Crippen LogP contribution in [0.3, 0.4) is 0 Å². The Balaban J connectivity index is 1.48. The molecule has 3 aromatic carbocycles. The Bertz CT molecular complexity index is 1170. The number of rotatable bonds is 6. The first-order valence-corrected chi connectivity index (χ1v) is 11.2. The lowest BCUT2D eigenvalue weighted by atomic mass is 9.78. The van der Waals surface area contributed by atoms with E-state index in [4.69, 9.17) is 9.47 Å². The standard InChI is InChI=1S/C27H25F3O4/c1-33-24-13-8-19(14-23(24)28)27(32)34-20-9-6-18(7-10-20)22-12-11-21(25(29)26(22)30)17-4-2-16(15-31)3-5-17/h6-14,16-17,31H,2-5,15H2,1H3. The molecule has 0 bridgehead atoms. The smallest absolute Gasteiger partial charge is 0.343 e. The van der Waals surface area contributed by atoms with Crippen molar-refractivity contribution in [2.75, 3.05) is 13.7 Å². The van der Waals surface area contributed by atoms with Crippen molar-refractivity contribution in [1.82, 2.24) is 0 Å². The van der Waals surface area contributed by atoms with Crippen molar-refractivity contribution in [2.45, 2.75) is 31.6 Å². The average Bonchev–Trinajstić information content (AvgIpc) is 2.86. The van der Waals surface area contributed by atoms with Gasteiger partial charge in [-0.05, 0) is 79.0 Å². The monoisotopic (exact) mass is 470 g/mol. The number of hydrogen-bond acceptors (Lipinski definition) is 4. The number of carbonyl (C=O) groups excluding carboxylic acids is 1. The lowest BCUT2D eigenvalue weighted by Crippen LogP contribution is -2.17. The van der Waals surface area contributed by atoms with E-state index in [0.717, 1.165) is 31.7 Å². The van der Waals surface area contributed by atoms with Crippen molar-refractivity contribution < 1.29 is 32.5 Å². The number of carbonyl (C=O) groups is 1. The lowest BCUT2D eigenvalue weighted by molar-refractivity contribution is 0.0734. The second kappa shape index (κ2) is 10.3. The van der Waals surface area contributed by atoms with Crippen LogP contribution in [0.25, 0.3) is 11.1 Å². The summed E-state index contributed by atoms with van der Waals surface area (Å²) in [7, 11) is 1.32. The van der Waals surface area contributed by atoms with Crippen LogP contribution in [-0.2, 0) is 0 Å². The van der Waals surface area contributed by atoms with Crippen LogP contribution < -0.4 is 9.47 Å². The first kappa shape index (κ1) is 23.8. The van der Waals surface area contributed by atoms with Crippen molar-refractivity contribution in [2.24, 2.45) is 5.92 Å². The number of methoxy groups -OCH3 is 1. The van der Waals surface area contributed by atoms with Crippen molar-refractivity contribution >= 4 is 5.97 Å². The zero-order chi connectivity index (χ0) is 24.2. The summed E-state index contributed by atoms with van der Waals surface area (Å²) in [5.74, 6) is -2.83. The number of aliphatic hydroxyl groups excluding tert-OH is 1. The van der Waals surface area contributed by atoms with Gasteiger partial charge in [0.15, 0.2) is 23.2 Å². The predicted octanol–water partition coefficient (Wildman–Crippen LogP) is 6.26. The quantitative estimate of drug-likeness (QED) is 0.341. The van der Waals surface area contributed by atoms with Crippen LogP contribution in [-0.4, -0.2) is 24.8 Å². The molecule has 0 radical (unpaired) electrons. The molecule has 0 spiro atoms. The van der Waals surface area contributed by atoms with Crippen molar-refractivity contribution in [3.8, 4) is 22.6 Å². The van der Waals surface area contributed by atoms with Gasteiger partial charge in [0, 0.05) is 12.2 Å². The summed E-state index contributed by atoms with van der Waals surface area (Å²) < 4.78 is 53.8. The van der Waals surface area contributed by atoms with Gasteiger partial charge < -0.3 is 14.6 Å². The molecular formula is C27H25F3O4. The lowest BCUT2D eigenvalue weighted by Gasteiger charge is -2.28. The van der Waals surface area contributed by atoms with Gasteiger partial charge in [0.2, 0.25) is 0 Å². The van der Waals surface area contributed by atoms with E-state index >= 15 is 0 Å². The van der Waals surface area contributed by atoms with Gasteiger partial charge in [0.1, 0.15) is 5.75 Å². The zero-order valence-electron chi connectivity index (χ0n) is 18.7. The number of halogens is 3. The van der Waals surface area contributed by atoms with E-state index in [1.54, 1.807) is 12.1 Å². The molecule has 0 unspecified atom stereocenters. The molecule has 0 amide bonds. The Morgan fingerprint density at radius 3 is 2.26 bits per heavy atom. The third-order valence-corrected chi connectivity index (χ3v) is 6.42. The van der Waals surface area contributed by atoms with Crippen LogP contribution in [0.5, 0.6) is 11.5 Å². The maximum atomic E-state index is 14.9. The average molecular weight is 470 g/mol. The molecule has 1 aliphatic rings. The van der Waals surface area contributed by atoms with Gasteiger partial charge in [0.05, 0.1) is 12.7 Å². The summed E-state index contributed by atoms with van der Waals surface area (Å²) in [6, 6.07) is 12.9. The van der Waals surface area contributed by atoms with Gasteiger partial charge in [-0.1, -0.05) is 24.3 Å². The second-order valence-corrected chi connectivity index (χ2v) is 8.49. The van der Waals surface area contributed by atoms with Gasteiger partial charge in [0.25, 0.3) is 0 Å². The summed E-state index contributed by atoms with van der Waals surface area (Å²) in [4.78, 5) is 12.3. The number of hydrogen-bond donors (Lipinski definition) is 1. The maximum absolute atomic E-state index is 14.9. The van der Waals surface area contributed by atoms with Gasteiger partial charge >= 0.3 is 5.97 Å². The van der Waals surface area contributed by atoms with E-state index < -0.39 is 23.4 Å². The van der Waals surface area contributed by atoms with E-state index in [9.17, 15) is 23.1 Å². The summed E-state index contributed by atoms with van der Waals surface area (Å²) >= 11 is 0. The molecule has 0 atom stereocenters. The van der Waals surface area contributed by atoms with Crippen LogP contribution in [0.1, 0.15) is 47.5 Å². The molecule has 7 heteroatoms. The summed E-state index contributed by atoms with van der Waals surface area (Å²) in [6.45, 7) is 0.130. The van der Waals surface area contributed by atoms with Crippen LogP contribution in [0, 0.1) is 23.4 Å². The molecule has 0 aliphatic heterocycles. The molecule has 1 fully saturated rings. The zero-order valence-corrected chi connectivity index (χ0v) is 18.7. The van der Waals surface area contributed by atoms with E-state index in [-0.39, 0.29) is 41.1 Å². The van der Waals surface area contributed by atoms with Crippen molar-refractivity contribution in [3.63, 3.8) is 0 Å². The molecule has 1 saturated carbocycles. The Morgan fingerprint density at radius 1 is 0.941 bits per heavy atom. The molecule has 1 aliphatic carbocycles. The third kappa shape index (κ3) is 4.94. The van der Waals surface area contributed by atoms with E-state index in [1.165, 1.54) is 43.5 Å². The molecule has 3 aromatic rings. The molecule has 0 saturated heterocycles. The number of aliphatic hydroxyl groups is 1. The van der Waals surface area contributed by atoms with Gasteiger partial charge in [-0.3, -0.25) is 0 Å². The largest absolute Gasteiger partial charge is 0.494 e.